The van der Waals surface area contributed by atoms with Crippen LogP contribution < -0.4 is 10.6 Å². The Morgan fingerprint density at radius 3 is 2.46 bits per heavy atom. The molecule has 28 heavy (non-hydrogen) atoms. The summed E-state index contributed by atoms with van der Waals surface area (Å²) in [5.41, 5.74) is 1.82. The molecule has 0 radical (unpaired) electrons. The van der Waals surface area contributed by atoms with E-state index in [-0.39, 0.29) is 30.3 Å². The number of carbonyl (C=O) groups is 1. The molecule has 2 heterocycles. The predicted molar refractivity (Wildman–Crippen MR) is 113 cm³/mol. The van der Waals surface area contributed by atoms with Crippen LogP contribution in [0.4, 0.5) is 0 Å². The smallest absolute Gasteiger partial charge is 0.243 e. The third-order valence-corrected chi connectivity index (χ3v) is 7.80. The zero-order valence-corrected chi connectivity index (χ0v) is 18.5. The quantitative estimate of drug-likeness (QED) is 0.770. The third-order valence-electron chi connectivity index (χ3n) is 5.74. The molecule has 2 atom stereocenters. The summed E-state index contributed by atoms with van der Waals surface area (Å²) in [4.78, 5) is 13.0. The van der Waals surface area contributed by atoms with Crippen LogP contribution in [-0.4, -0.2) is 50.3 Å². The molecule has 0 spiro atoms. The summed E-state index contributed by atoms with van der Waals surface area (Å²) in [6, 6.07) is 6.07. The summed E-state index contributed by atoms with van der Waals surface area (Å²) in [7, 11) is -3.50. The fourth-order valence-electron chi connectivity index (χ4n) is 4.17. The van der Waals surface area contributed by atoms with Crippen molar-refractivity contribution in [3.05, 3.63) is 29.3 Å². The minimum atomic E-state index is -3.50. The Bertz CT molecular complexity index is 792. The predicted octanol–water partition coefficient (Wildman–Crippen LogP) is 2.38. The molecule has 1 amide bonds. The van der Waals surface area contributed by atoms with Gasteiger partial charge in [0.2, 0.25) is 15.9 Å². The van der Waals surface area contributed by atoms with E-state index in [0.29, 0.717) is 36.9 Å². The van der Waals surface area contributed by atoms with Gasteiger partial charge in [-0.25, -0.2) is 8.42 Å². The normalized spacial score (nSPS) is 24.4. The van der Waals surface area contributed by atoms with Crippen LogP contribution in [0.15, 0.2) is 23.1 Å². The van der Waals surface area contributed by atoms with Gasteiger partial charge in [0.05, 0.1) is 4.90 Å². The van der Waals surface area contributed by atoms with Gasteiger partial charge in [-0.15, -0.1) is 12.4 Å². The van der Waals surface area contributed by atoms with Crippen molar-refractivity contribution in [3.63, 3.8) is 0 Å². The Hall–Kier alpha value is -1.15. The molecule has 0 saturated carbocycles. The van der Waals surface area contributed by atoms with Gasteiger partial charge in [-0.3, -0.25) is 4.79 Å². The van der Waals surface area contributed by atoms with Gasteiger partial charge >= 0.3 is 0 Å². The van der Waals surface area contributed by atoms with Crippen molar-refractivity contribution in [1.29, 1.82) is 0 Å². The van der Waals surface area contributed by atoms with Gasteiger partial charge in [0.25, 0.3) is 0 Å². The average Bonchev–Trinajstić information content (AvgIpc) is 2.61. The molecule has 2 fully saturated rings. The first-order valence-corrected chi connectivity index (χ1v) is 11.3. The first-order chi connectivity index (χ1) is 12.8. The molecule has 2 aliphatic rings. The van der Waals surface area contributed by atoms with Gasteiger partial charge in [0.1, 0.15) is 0 Å². The van der Waals surface area contributed by atoms with E-state index in [1.54, 1.807) is 6.07 Å². The summed E-state index contributed by atoms with van der Waals surface area (Å²) in [5, 5.41) is 6.56. The molecular formula is C20H32ClN3O3S. The monoisotopic (exact) mass is 429 g/mol. The summed E-state index contributed by atoms with van der Waals surface area (Å²) in [6.07, 6.45) is 3.06. The minimum Gasteiger partial charge on any atom is -0.353 e. The van der Waals surface area contributed by atoms with Crippen molar-refractivity contribution in [3.8, 4) is 0 Å². The molecule has 2 unspecified atom stereocenters. The molecule has 8 heteroatoms. The Kier molecular flexibility index (Phi) is 7.90. The van der Waals surface area contributed by atoms with Crippen LogP contribution in [0.5, 0.6) is 0 Å². The van der Waals surface area contributed by atoms with E-state index in [4.69, 9.17) is 0 Å². The summed E-state index contributed by atoms with van der Waals surface area (Å²) < 4.78 is 27.5. The number of benzene rings is 1. The van der Waals surface area contributed by atoms with E-state index in [1.165, 1.54) is 4.31 Å². The second-order valence-corrected chi connectivity index (χ2v) is 9.94. The molecule has 1 aromatic carbocycles. The van der Waals surface area contributed by atoms with Crippen molar-refractivity contribution in [1.82, 2.24) is 14.9 Å². The van der Waals surface area contributed by atoms with E-state index < -0.39 is 10.0 Å². The first kappa shape index (κ1) is 23.1. The molecule has 0 bridgehead atoms. The fourth-order valence-corrected chi connectivity index (χ4v) is 5.84. The molecule has 2 saturated heterocycles. The summed E-state index contributed by atoms with van der Waals surface area (Å²) >= 11 is 0. The number of nitrogens with one attached hydrogen (secondary N) is 2. The number of hydrogen-bond acceptors (Lipinski definition) is 4. The van der Waals surface area contributed by atoms with Crippen LogP contribution in [-0.2, 0) is 14.8 Å². The van der Waals surface area contributed by atoms with Gasteiger partial charge < -0.3 is 10.6 Å². The molecule has 3 rings (SSSR count). The lowest BCUT2D eigenvalue weighted by Gasteiger charge is -2.33. The van der Waals surface area contributed by atoms with Crippen LogP contribution in [0.1, 0.15) is 43.7 Å². The lowest BCUT2D eigenvalue weighted by molar-refractivity contribution is -0.127. The van der Waals surface area contributed by atoms with Crippen molar-refractivity contribution in [2.45, 2.75) is 63.4 Å². The number of nitrogens with zero attached hydrogens (tertiary/aromatic N) is 1. The number of aryl methyl sites for hydroxylation is 2. The highest BCUT2D eigenvalue weighted by atomic mass is 35.5. The number of amides is 1. The highest BCUT2D eigenvalue weighted by Gasteiger charge is 2.33. The standard InChI is InChI=1S/C20H31N3O3S.ClH/c1-14-4-5-19(15(2)12-14)27(25,26)23-10-7-17(8-11-23)20(24)22-18-6-9-21-16(3)13-18;/h4-5,12,16-18,21H,6-11,13H2,1-3H3,(H,22,24);1H. The number of sulfonamides is 1. The Balaban J connectivity index is 0.00000280. The Morgan fingerprint density at radius 2 is 1.86 bits per heavy atom. The van der Waals surface area contributed by atoms with E-state index >= 15 is 0 Å². The Morgan fingerprint density at radius 1 is 1.18 bits per heavy atom. The SMILES string of the molecule is Cc1ccc(S(=O)(=O)N2CCC(C(=O)NC3CCNC(C)C3)CC2)c(C)c1.Cl. The molecule has 0 aromatic heterocycles. The second-order valence-electron chi connectivity index (χ2n) is 8.03. The maximum absolute atomic E-state index is 13.0. The number of piperidine rings is 2. The second kappa shape index (κ2) is 9.57. The number of carbonyl (C=O) groups excluding carboxylic acids is 1. The van der Waals surface area contributed by atoms with Gasteiger partial charge in [-0.2, -0.15) is 4.31 Å². The van der Waals surface area contributed by atoms with Gasteiger partial charge in [-0.1, -0.05) is 17.7 Å². The zero-order valence-electron chi connectivity index (χ0n) is 16.9. The van der Waals surface area contributed by atoms with E-state index in [2.05, 4.69) is 17.6 Å². The average molecular weight is 430 g/mol. The molecule has 0 aliphatic carbocycles. The van der Waals surface area contributed by atoms with Crippen LogP contribution >= 0.6 is 12.4 Å². The van der Waals surface area contributed by atoms with Crippen molar-refractivity contribution in [2.24, 2.45) is 5.92 Å². The molecular weight excluding hydrogens is 398 g/mol. The number of hydrogen-bond donors (Lipinski definition) is 2. The molecule has 1 aromatic rings. The summed E-state index contributed by atoms with van der Waals surface area (Å²) in [5.74, 6) is -0.0154. The maximum Gasteiger partial charge on any atom is 0.243 e. The van der Waals surface area contributed by atoms with Crippen LogP contribution in [0.25, 0.3) is 0 Å². The van der Waals surface area contributed by atoms with E-state index in [9.17, 15) is 13.2 Å². The topological polar surface area (TPSA) is 78.5 Å². The third kappa shape index (κ3) is 5.26. The number of rotatable bonds is 4. The highest BCUT2D eigenvalue weighted by molar-refractivity contribution is 7.89. The van der Waals surface area contributed by atoms with Crippen molar-refractivity contribution < 1.29 is 13.2 Å². The lowest BCUT2D eigenvalue weighted by atomic mass is 9.95. The van der Waals surface area contributed by atoms with Gasteiger partial charge in [-0.05, 0) is 64.6 Å². The van der Waals surface area contributed by atoms with Gasteiger partial charge in [0, 0.05) is 31.1 Å². The van der Waals surface area contributed by atoms with Crippen LogP contribution in [0.2, 0.25) is 0 Å². The molecule has 6 nitrogen and oxygen atoms in total. The van der Waals surface area contributed by atoms with Gasteiger partial charge in [0.15, 0.2) is 0 Å². The van der Waals surface area contributed by atoms with Crippen LogP contribution in [0, 0.1) is 19.8 Å². The minimum absolute atomic E-state index is 0. The molecule has 158 valence electrons. The van der Waals surface area contributed by atoms with Crippen molar-refractivity contribution in [2.75, 3.05) is 19.6 Å². The zero-order chi connectivity index (χ0) is 19.6. The van der Waals surface area contributed by atoms with Crippen LogP contribution in [0.3, 0.4) is 0 Å². The Labute approximate surface area is 174 Å². The first-order valence-electron chi connectivity index (χ1n) is 9.88. The van der Waals surface area contributed by atoms with E-state index in [0.717, 1.165) is 30.5 Å². The molecule has 2 N–H and O–H groups in total. The fraction of sp³-hybridized carbons (Fsp3) is 0.650. The van der Waals surface area contributed by atoms with E-state index in [1.807, 2.05) is 26.0 Å². The number of halogens is 1. The largest absolute Gasteiger partial charge is 0.353 e. The highest BCUT2D eigenvalue weighted by Crippen LogP contribution is 2.26. The lowest BCUT2D eigenvalue weighted by Crippen LogP contribution is -2.49. The van der Waals surface area contributed by atoms with Crippen molar-refractivity contribution >= 4 is 28.3 Å². The maximum atomic E-state index is 13.0. The molecule has 2 aliphatic heterocycles. The summed E-state index contributed by atoms with van der Waals surface area (Å²) in [6.45, 7) is 7.65.